The Balaban J connectivity index is 1.48. The van der Waals surface area contributed by atoms with Crippen molar-refractivity contribution in [3.05, 3.63) is 60.0 Å². The Hall–Kier alpha value is -2.81. The van der Waals surface area contributed by atoms with E-state index in [0.29, 0.717) is 11.1 Å². The maximum Gasteiger partial charge on any atom is 0.179 e. The van der Waals surface area contributed by atoms with E-state index in [0.717, 1.165) is 36.4 Å². The predicted octanol–water partition coefficient (Wildman–Crippen LogP) is 5.52. The van der Waals surface area contributed by atoms with Crippen molar-refractivity contribution < 1.29 is 0 Å². The molecule has 1 atom stereocenters. The van der Waals surface area contributed by atoms with E-state index in [1.807, 2.05) is 17.8 Å². The molecule has 3 rings (SSSR count). The second-order valence-corrected chi connectivity index (χ2v) is 9.73. The summed E-state index contributed by atoms with van der Waals surface area (Å²) in [6.45, 7) is 2.27. The Bertz CT molecular complexity index is 953. The molecule has 0 radical (unpaired) electrons. The minimum atomic E-state index is 0.349. The third kappa shape index (κ3) is 9.99. The van der Waals surface area contributed by atoms with Crippen molar-refractivity contribution >= 4 is 11.8 Å². The molecule has 34 heavy (non-hydrogen) atoms. The summed E-state index contributed by atoms with van der Waals surface area (Å²) in [5.74, 6) is 2.46. The molecule has 0 spiro atoms. The van der Waals surface area contributed by atoms with Crippen LogP contribution in [0.25, 0.3) is 11.4 Å². The van der Waals surface area contributed by atoms with E-state index in [-0.39, 0.29) is 0 Å². The SMILES string of the molecule is CCCCCCCCC/C=C/C=C/C(Cc1cccc(-c2nnn[nH]2)c1)SCCc1nnn[nH]1. The van der Waals surface area contributed by atoms with Crippen LogP contribution in [0.2, 0.25) is 0 Å². The summed E-state index contributed by atoms with van der Waals surface area (Å²) in [5, 5.41) is 28.7. The maximum atomic E-state index is 4.03. The number of aromatic amines is 2. The maximum absolute atomic E-state index is 4.03. The number of hydrogen-bond donors (Lipinski definition) is 2. The number of hydrogen-bond acceptors (Lipinski definition) is 7. The summed E-state index contributed by atoms with van der Waals surface area (Å²) in [5.41, 5.74) is 2.25. The number of nitrogens with zero attached hydrogens (tertiary/aromatic N) is 6. The molecule has 0 saturated heterocycles. The molecule has 0 aliphatic rings. The molecule has 9 heteroatoms. The highest BCUT2D eigenvalue weighted by Gasteiger charge is 2.10. The fourth-order valence-electron chi connectivity index (χ4n) is 3.72. The van der Waals surface area contributed by atoms with Crippen LogP contribution >= 0.6 is 11.8 Å². The smallest absolute Gasteiger partial charge is 0.179 e. The summed E-state index contributed by atoms with van der Waals surface area (Å²) in [6, 6.07) is 8.39. The fraction of sp³-hybridized carbons (Fsp3) is 0.520. The first-order valence-electron chi connectivity index (χ1n) is 12.4. The second kappa shape index (κ2) is 15.9. The molecule has 8 nitrogen and oxygen atoms in total. The lowest BCUT2D eigenvalue weighted by molar-refractivity contribution is 0.592. The number of H-pyrrole nitrogens is 2. The van der Waals surface area contributed by atoms with Gasteiger partial charge in [-0.2, -0.15) is 11.8 Å². The van der Waals surface area contributed by atoms with Crippen molar-refractivity contribution in [1.82, 2.24) is 41.2 Å². The van der Waals surface area contributed by atoms with Crippen LogP contribution in [0.1, 0.15) is 69.7 Å². The highest BCUT2D eigenvalue weighted by molar-refractivity contribution is 8.00. The zero-order valence-electron chi connectivity index (χ0n) is 20.1. The highest BCUT2D eigenvalue weighted by atomic mass is 32.2. The number of aryl methyl sites for hydroxylation is 1. The molecule has 0 amide bonds. The lowest BCUT2D eigenvalue weighted by atomic mass is 10.1. The van der Waals surface area contributed by atoms with Crippen LogP contribution in [0, 0.1) is 0 Å². The molecule has 0 saturated carbocycles. The Morgan fingerprint density at radius 2 is 1.76 bits per heavy atom. The highest BCUT2D eigenvalue weighted by Crippen LogP contribution is 2.22. The average Bonchev–Trinajstić information content (AvgIpc) is 3.57. The van der Waals surface area contributed by atoms with Crippen molar-refractivity contribution in [2.45, 2.75) is 76.4 Å². The summed E-state index contributed by atoms with van der Waals surface area (Å²) in [7, 11) is 0. The lowest BCUT2D eigenvalue weighted by Crippen LogP contribution is -2.06. The topological polar surface area (TPSA) is 109 Å². The van der Waals surface area contributed by atoms with Crippen LogP contribution in [-0.2, 0) is 12.8 Å². The van der Waals surface area contributed by atoms with Gasteiger partial charge in [-0.15, -0.1) is 10.2 Å². The predicted molar refractivity (Wildman–Crippen MR) is 138 cm³/mol. The number of aromatic nitrogens is 8. The average molecular weight is 481 g/mol. The molecule has 1 aromatic carbocycles. The molecule has 2 aromatic heterocycles. The number of tetrazole rings is 2. The zero-order chi connectivity index (χ0) is 23.7. The van der Waals surface area contributed by atoms with Crippen LogP contribution < -0.4 is 0 Å². The quantitative estimate of drug-likeness (QED) is 0.193. The van der Waals surface area contributed by atoms with Gasteiger partial charge in [-0.05, 0) is 51.7 Å². The first-order valence-corrected chi connectivity index (χ1v) is 13.4. The Morgan fingerprint density at radius 3 is 2.56 bits per heavy atom. The van der Waals surface area contributed by atoms with E-state index in [2.05, 4.69) is 90.7 Å². The van der Waals surface area contributed by atoms with Crippen LogP contribution in [-0.4, -0.2) is 52.3 Å². The van der Waals surface area contributed by atoms with Crippen molar-refractivity contribution in [2.24, 2.45) is 0 Å². The monoisotopic (exact) mass is 480 g/mol. The van der Waals surface area contributed by atoms with Gasteiger partial charge in [-0.25, -0.2) is 10.2 Å². The number of nitrogens with one attached hydrogen (secondary N) is 2. The zero-order valence-corrected chi connectivity index (χ0v) is 20.9. The lowest BCUT2D eigenvalue weighted by Gasteiger charge is -2.13. The molecule has 0 aliphatic heterocycles. The van der Waals surface area contributed by atoms with Gasteiger partial charge in [0.2, 0.25) is 0 Å². The minimum absolute atomic E-state index is 0.349. The van der Waals surface area contributed by atoms with Crippen LogP contribution in [0.15, 0.2) is 48.6 Å². The van der Waals surface area contributed by atoms with Gasteiger partial charge in [0.05, 0.1) is 0 Å². The van der Waals surface area contributed by atoms with Gasteiger partial charge in [0.15, 0.2) is 5.82 Å². The normalized spacial score (nSPS) is 12.7. The fourth-order valence-corrected chi connectivity index (χ4v) is 4.84. The van der Waals surface area contributed by atoms with Crippen molar-refractivity contribution in [2.75, 3.05) is 5.75 Å². The van der Waals surface area contributed by atoms with Crippen LogP contribution in [0.5, 0.6) is 0 Å². The van der Waals surface area contributed by atoms with Gasteiger partial charge in [-0.3, -0.25) is 0 Å². The Kier molecular flexibility index (Phi) is 12.1. The first kappa shape index (κ1) is 25.8. The number of unbranched alkanes of at least 4 members (excludes halogenated alkanes) is 7. The van der Waals surface area contributed by atoms with Crippen LogP contribution in [0.3, 0.4) is 0 Å². The van der Waals surface area contributed by atoms with Gasteiger partial charge >= 0.3 is 0 Å². The number of benzene rings is 1. The largest absolute Gasteiger partial charge is 0.243 e. The third-order valence-corrected chi connectivity index (χ3v) is 6.78. The molecule has 3 aromatic rings. The molecule has 0 bridgehead atoms. The van der Waals surface area contributed by atoms with E-state index in [1.165, 1.54) is 50.5 Å². The summed E-state index contributed by atoms with van der Waals surface area (Å²) < 4.78 is 0. The number of thioether (sulfide) groups is 1. The van der Waals surface area contributed by atoms with E-state index < -0.39 is 0 Å². The van der Waals surface area contributed by atoms with Crippen LogP contribution in [0.4, 0.5) is 0 Å². The van der Waals surface area contributed by atoms with Gasteiger partial charge in [0, 0.05) is 23.0 Å². The molecule has 1 unspecified atom stereocenters. The van der Waals surface area contributed by atoms with E-state index in [4.69, 9.17) is 0 Å². The van der Waals surface area contributed by atoms with E-state index >= 15 is 0 Å². The Morgan fingerprint density at radius 1 is 0.941 bits per heavy atom. The third-order valence-electron chi connectivity index (χ3n) is 5.59. The minimum Gasteiger partial charge on any atom is -0.243 e. The molecular formula is C25H36N8S. The Labute approximate surface area is 206 Å². The molecule has 0 fully saturated rings. The van der Waals surface area contributed by atoms with Gasteiger partial charge in [0.1, 0.15) is 5.82 Å². The van der Waals surface area contributed by atoms with Gasteiger partial charge < -0.3 is 0 Å². The van der Waals surface area contributed by atoms with Crippen molar-refractivity contribution in [3.8, 4) is 11.4 Å². The summed E-state index contributed by atoms with van der Waals surface area (Å²) in [6.07, 6.45) is 21.3. The summed E-state index contributed by atoms with van der Waals surface area (Å²) in [4.78, 5) is 0. The van der Waals surface area contributed by atoms with Gasteiger partial charge in [-0.1, -0.05) is 88.0 Å². The molecule has 2 N–H and O–H groups in total. The van der Waals surface area contributed by atoms with Crippen molar-refractivity contribution in [3.63, 3.8) is 0 Å². The number of rotatable bonds is 17. The standard InChI is InChI=1S/C25H36N8S/c1-2-3-4-5-6-7-8-9-10-11-12-16-23(34-18-17-24-26-30-31-27-24)20-21-14-13-15-22(19-21)25-28-32-33-29-25/h10-16,19,23H,2-9,17-18,20H2,1H3,(H,26,27,30,31)(H,28,29,32,33)/b11-10+,16-12+. The van der Waals surface area contributed by atoms with Crippen molar-refractivity contribution in [1.29, 1.82) is 0 Å². The molecule has 0 aliphatic carbocycles. The first-order chi connectivity index (χ1) is 16.8. The molecule has 182 valence electrons. The van der Waals surface area contributed by atoms with Gasteiger partial charge in [0.25, 0.3) is 0 Å². The van der Waals surface area contributed by atoms with E-state index in [9.17, 15) is 0 Å². The summed E-state index contributed by atoms with van der Waals surface area (Å²) >= 11 is 1.91. The molecule has 2 heterocycles. The number of allylic oxidation sites excluding steroid dienone is 3. The van der Waals surface area contributed by atoms with E-state index in [1.54, 1.807) is 0 Å². The molecular weight excluding hydrogens is 444 g/mol. The second-order valence-electron chi connectivity index (χ2n) is 8.38.